The molecular formula is C21H25F2N3O2. The molecule has 0 aromatic heterocycles. The Morgan fingerprint density at radius 1 is 1.00 bits per heavy atom. The summed E-state index contributed by atoms with van der Waals surface area (Å²) in [5.74, 6) is -1.20. The van der Waals surface area contributed by atoms with Gasteiger partial charge in [0.2, 0.25) is 5.91 Å². The molecule has 7 heteroatoms. The van der Waals surface area contributed by atoms with Crippen LogP contribution in [0, 0.1) is 11.6 Å². The molecule has 0 spiro atoms. The molecule has 150 valence electrons. The van der Waals surface area contributed by atoms with Crippen molar-refractivity contribution in [2.75, 3.05) is 44.2 Å². The Labute approximate surface area is 163 Å². The van der Waals surface area contributed by atoms with Crippen LogP contribution in [0.3, 0.4) is 0 Å². The molecule has 1 amide bonds. The number of hydrogen-bond acceptors (Lipinski definition) is 4. The van der Waals surface area contributed by atoms with E-state index in [1.54, 1.807) is 6.07 Å². The normalized spacial score (nSPS) is 14.9. The fourth-order valence-electron chi connectivity index (χ4n) is 3.29. The third-order valence-electron chi connectivity index (χ3n) is 4.83. The van der Waals surface area contributed by atoms with E-state index in [0.29, 0.717) is 6.61 Å². The molecule has 1 fully saturated rings. The lowest BCUT2D eigenvalue weighted by Crippen LogP contribution is -2.46. The van der Waals surface area contributed by atoms with E-state index < -0.39 is 11.6 Å². The predicted octanol–water partition coefficient (Wildman–Crippen LogP) is 2.58. The molecule has 0 radical (unpaired) electrons. The summed E-state index contributed by atoms with van der Waals surface area (Å²) in [6.07, 6.45) is 1.13. The van der Waals surface area contributed by atoms with Crippen molar-refractivity contribution in [3.63, 3.8) is 0 Å². The quantitative estimate of drug-likeness (QED) is 0.705. The summed E-state index contributed by atoms with van der Waals surface area (Å²) in [7, 11) is 0. The van der Waals surface area contributed by atoms with E-state index in [0.717, 1.165) is 56.1 Å². The number of amides is 1. The smallest absolute Gasteiger partial charge is 0.221 e. The number of anilines is 1. The summed E-state index contributed by atoms with van der Waals surface area (Å²) in [5, 5.41) is 0. The van der Waals surface area contributed by atoms with E-state index in [1.807, 2.05) is 24.3 Å². The first-order chi connectivity index (χ1) is 13.5. The van der Waals surface area contributed by atoms with Crippen molar-refractivity contribution in [1.82, 2.24) is 4.90 Å². The topological polar surface area (TPSA) is 58.8 Å². The first kappa shape index (κ1) is 20.1. The van der Waals surface area contributed by atoms with Crippen LogP contribution in [-0.4, -0.2) is 50.1 Å². The summed E-state index contributed by atoms with van der Waals surface area (Å²) < 4.78 is 32.2. The standard InChI is InChI=1S/C21H25F2N3O2/c22-19-7-4-17(15-20(19)23)26-11-9-25(10-12-26)8-1-13-28-18-5-2-16(3-6-18)14-21(24)27/h2-7,15H,1,8-14H2,(H2,24,27). The highest BCUT2D eigenvalue weighted by Gasteiger charge is 2.18. The maximum atomic E-state index is 13.4. The molecule has 2 N–H and O–H groups in total. The molecular weight excluding hydrogens is 364 g/mol. The highest BCUT2D eigenvalue weighted by molar-refractivity contribution is 5.76. The zero-order valence-corrected chi connectivity index (χ0v) is 15.7. The molecule has 0 saturated carbocycles. The second-order valence-corrected chi connectivity index (χ2v) is 6.92. The minimum Gasteiger partial charge on any atom is -0.494 e. The number of nitrogens with two attached hydrogens (primary N) is 1. The molecule has 5 nitrogen and oxygen atoms in total. The van der Waals surface area contributed by atoms with Crippen molar-refractivity contribution in [3.05, 3.63) is 59.7 Å². The predicted molar refractivity (Wildman–Crippen MR) is 104 cm³/mol. The summed E-state index contributed by atoms with van der Waals surface area (Å²) in [5.41, 5.74) is 6.77. The SMILES string of the molecule is NC(=O)Cc1ccc(OCCCN2CCN(c3ccc(F)c(F)c3)CC2)cc1. The molecule has 2 aromatic carbocycles. The van der Waals surface area contributed by atoms with Gasteiger partial charge in [0.1, 0.15) is 5.75 Å². The lowest BCUT2D eigenvalue weighted by atomic mass is 10.1. The fourth-order valence-corrected chi connectivity index (χ4v) is 3.29. The van der Waals surface area contributed by atoms with Gasteiger partial charge in [0.15, 0.2) is 11.6 Å². The van der Waals surface area contributed by atoms with E-state index in [4.69, 9.17) is 10.5 Å². The molecule has 1 saturated heterocycles. The minimum atomic E-state index is -0.815. The number of primary amides is 1. The number of rotatable bonds is 8. The second-order valence-electron chi connectivity index (χ2n) is 6.92. The monoisotopic (exact) mass is 389 g/mol. The van der Waals surface area contributed by atoms with Gasteiger partial charge in [-0.2, -0.15) is 0 Å². The van der Waals surface area contributed by atoms with Crippen molar-refractivity contribution < 1.29 is 18.3 Å². The van der Waals surface area contributed by atoms with Crippen molar-refractivity contribution in [2.45, 2.75) is 12.8 Å². The van der Waals surface area contributed by atoms with Crippen LogP contribution in [0.15, 0.2) is 42.5 Å². The van der Waals surface area contributed by atoms with Gasteiger partial charge in [-0.1, -0.05) is 12.1 Å². The lowest BCUT2D eigenvalue weighted by molar-refractivity contribution is -0.117. The maximum Gasteiger partial charge on any atom is 0.221 e. The van der Waals surface area contributed by atoms with E-state index in [2.05, 4.69) is 9.80 Å². The van der Waals surface area contributed by atoms with Crippen LogP contribution in [0.25, 0.3) is 0 Å². The molecule has 1 aliphatic heterocycles. The van der Waals surface area contributed by atoms with Crippen LogP contribution in [0.4, 0.5) is 14.5 Å². The highest BCUT2D eigenvalue weighted by Crippen LogP contribution is 2.19. The van der Waals surface area contributed by atoms with Gasteiger partial charge in [0, 0.05) is 44.5 Å². The average Bonchev–Trinajstić information content (AvgIpc) is 2.69. The summed E-state index contributed by atoms with van der Waals surface area (Å²) in [6, 6.07) is 11.4. The van der Waals surface area contributed by atoms with Crippen molar-refractivity contribution in [1.29, 1.82) is 0 Å². The number of carbonyl (C=O) groups is 1. The van der Waals surface area contributed by atoms with Gasteiger partial charge >= 0.3 is 0 Å². The Bertz CT molecular complexity index is 791. The molecule has 2 aromatic rings. The molecule has 0 aliphatic carbocycles. The van der Waals surface area contributed by atoms with Gasteiger partial charge in [-0.05, 0) is 36.2 Å². The first-order valence-corrected chi connectivity index (χ1v) is 9.43. The Morgan fingerprint density at radius 3 is 2.36 bits per heavy atom. The van der Waals surface area contributed by atoms with Crippen LogP contribution in [0.2, 0.25) is 0 Å². The molecule has 0 bridgehead atoms. The van der Waals surface area contributed by atoms with Gasteiger partial charge in [-0.25, -0.2) is 8.78 Å². The number of ether oxygens (including phenoxy) is 1. The number of benzene rings is 2. The second kappa shape index (κ2) is 9.50. The van der Waals surface area contributed by atoms with Gasteiger partial charge < -0.3 is 15.4 Å². The minimum absolute atomic E-state index is 0.233. The van der Waals surface area contributed by atoms with Crippen LogP contribution in [0.1, 0.15) is 12.0 Å². The van der Waals surface area contributed by atoms with Crippen LogP contribution >= 0.6 is 0 Å². The molecule has 3 rings (SSSR count). The third-order valence-corrected chi connectivity index (χ3v) is 4.83. The average molecular weight is 389 g/mol. The largest absolute Gasteiger partial charge is 0.494 e. The Hall–Kier alpha value is -2.67. The van der Waals surface area contributed by atoms with Gasteiger partial charge in [-0.3, -0.25) is 9.69 Å². The number of nitrogens with zero attached hydrogens (tertiary/aromatic N) is 2. The lowest BCUT2D eigenvalue weighted by Gasteiger charge is -2.36. The number of halogens is 2. The summed E-state index contributed by atoms with van der Waals surface area (Å²) in [6.45, 7) is 4.85. The van der Waals surface area contributed by atoms with Crippen LogP contribution in [-0.2, 0) is 11.2 Å². The Kier molecular flexibility index (Phi) is 6.81. The van der Waals surface area contributed by atoms with Crippen LogP contribution < -0.4 is 15.4 Å². The number of piperazine rings is 1. The molecule has 1 heterocycles. The van der Waals surface area contributed by atoms with Gasteiger partial charge in [0.25, 0.3) is 0 Å². The van der Waals surface area contributed by atoms with E-state index in [9.17, 15) is 13.6 Å². The Morgan fingerprint density at radius 2 is 1.71 bits per heavy atom. The maximum absolute atomic E-state index is 13.4. The molecule has 0 atom stereocenters. The zero-order chi connectivity index (χ0) is 19.9. The van der Waals surface area contributed by atoms with Crippen molar-refractivity contribution >= 4 is 11.6 Å². The number of hydrogen-bond donors (Lipinski definition) is 1. The molecule has 0 unspecified atom stereocenters. The van der Waals surface area contributed by atoms with E-state index in [1.165, 1.54) is 12.1 Å². The zero-order valence-electron chi connectivity index (χ0n) is 15.7. The Balaban J connectivity index is 1.35. The summed E-state index contributed by atoms with van der Waals surface area (Å²) >= 11 is 0. The molecule has 28 heavy (non-hydrogen) atoms. The number of carbonyl (C=O) groups excluding carboxylic acids is 1. The van der Waals surface area contributed by atoms with Crippen LogP contribution in [0.5, 0.6) is 5.75 Å². The van der Waals surface area contributed by atoms with E-state index >= 15 is 0 Å². The first-order valence-electron chi connectivity index (χ1n) is 9.43. The van der Waals surface area contributed by atoms with Gasteiger partial charge in [0.05, 0.1) is 13.0 Å². The van der Waals surface area contributed by atoms with Crippen molar-refractivity contribution in [2.24, 2.45) is 5.73 Å². The van der Waals surface area contributed by atoms with Gasteiger partial charge in [-0.15, -0.1) is 0 Å². The van der Waals surface area contributed by atoms with Crippen molar-refractivity contribution in [3.8, 4) is 5.75 Å². The highest BCUT2D eigenvalue weighted by atomic mass is 19.2. The fraction of sp³-hybridized carbons (Fsp3) is 0.381. The summed E-state index contributed by atoms with van der Waals surface area (Å²) in [4.78, 5) is 15.3. The third kappa shape index (κ3) is 5.66. The van der Waals surface area contributed by atoms with E-state index in [-0.39, 0.29) is 12.3 Å². The molecule has 1 aliphatic rings.